The van der Waals surface area contributed by atoms with Gasteiger partial charge in [-0.25, -0.2) is 9.97 Å². The van der Waals surface area contributed by atoms with Gasteiger partial charge in [-0.05, 0) is 44.7 Å². The summed E-state index contributed by atoms with van der Waals surface area (Å²) >= 11 is 0. The van der Waals surface area contributed by atoms with Crippen LogP contribution < -0.4 is 5.32 Å². The van der Waals surface area contributed by atoms with Gasteiger partial charge in [-0.3, -0.25) is 0 Å². The van der Waals surface area contributed by atoms with Gasteiger partial charge in [0.15, 0.2) is 0 Å². The van der Waals surface area contributed by atoms with E-state index in [9.17, 15) is 0 Å². The van der Waals surface area contributed by atoms with Crippen molar-refractivity contribution in [1.82, 2.24) is 15.3 Å². The largest absolute Gasteiger partial charge is 0.316 e. The molecular formula is C15H27N3. The second-order valence-corrected chi connectivity index (χ2v) is 5.08. The Hall–Kier alpha value is -0.960. The average molecular weight is 249 g/mol. The van der Waals surface area contributed by atoms with E-state index in [1.807, 2.05) is 0 Å². The molecule has 1 atom stereocenters. The first kappa shape index (κ1) is 15.1. The molecule has 0 aromatic carbocycles. The Morgan fingerprint density at radius 3 is 2.17 bits per heavy atom. The lowest BCUT2D eigenvalue weighted by Gasteiger charge is -2.17. The molecule has 0 fully saturated rings. The van der Waals surface area contributed by atoms with E-state index in [2.05, 4.69) is 49.9 Å². The van der Waals surface area contributed by atoms with Crippen molar-refractivity contribution in [2.75, 3.05) is 13.1 Å². The molecule has 0 bridgehead atoms. The first-order chi connectivity index (χ1) is 8.60. The van der Waals surface area contributed by atoms with E-state index in [4.69, 9.17) is 0 Å². The van der Waals surface area contributed by atoms with E-state index in [-0.39, 0.29) is 0 Å². The van der Waals surface area contributed by atoms with Gasteiger partial charge in [0.05, 0.1) is 0 Å². The lowest BCUT2D eigenvalue weighted by molar-refractivity contribution is 0.599. The first-order valence-electron chi connectivity index (χ1n) is 7.14. The van der Waals surface area contributed by atoms with E-state index >= 15 is 0 Å². The Labute approximate surface area is 111 Å². The van der Waals surface area contributed by atoms with Crippen LogP contribution in [0.1, 0.15) is 62.3 Å². The molecule has 18 heavy (non-hydrogen) atoms. The monoisotopic (exact) mass is 249 g/mol. The minimum Gasteiger partial charge on any atom is -0.316 e. The summed E-state index contributed by atoms with van der Waals surface area (Å²) in [6.07, 6.45) is 3.26. The summed E-state index contributed by atoms with van der Waals surface area (Å²) in [6, 6.07) is 0. The number of rotatable bonds is 7. The molecule has 0 amide bonds. The zero-order chi connectivity index (χ0) is 13.5. The third kappa shape index (κ3) is 4.05. The molecule has 1 heterocycles. The minimum atomic E-state index is 0.479. The van der Waals surface area contributed by atoms with Crippen molar-refractivity contribution in [3.63, 3.8) is 0 Å². The second kappa shape index (κ2) is 7.47. The van der Waals surface area contributed by atoms with Crippen LogP contribution in [-0.4, -0.2) is 23.1 Å². The molecule has 1 unspecified atom stereocenters. The summed E-state index contributed by atoms with van der Waals surface area (Å²) < 4.78 is 0. The molecule has 0 aliphatic rings. The van der Waals surface area contributed by atoms with Crippen LogP contribution in [0, 0.1) is 13.8 Å². The van der Waals surface area contributed by atoms with Gasteiger partial charge in [0, 0.05) is 24.4 Å². The van der Waals surface area contributed by atoms with Gasteiger partial charge in [-0.15, -0.1) is 0 Å². The molecule has 1 aromatic rings. The maximum Gasteiger partial charge on any atom is 0.128 e. The zero-order valence-corrected chi connectivity index (χ0v) is 12.5. The lowest BCUT2D eigenvalue weighted by Crippen LogP contribution is -2.22. The van der Waals surface area contributed by atoms with Crippen LogP contribution in [0.2, 0.25) is 0 Å². The SMILES string of the molecule is CCCNCC(C)c1c(C)nc(CCC)nc1C. The van der Waals surface area contributed by atoms with Gasteiger partial charge in [-0.2, -0.15) is 0 Å². The lowest BCUT2D eigenvalue weighted by atomic mass is 9.98. The van der Waals surface area contributed by atoms with Crippen LogP contribution in [0.25, 0.3) is 0 Å². The molecule has 0 aliphatic heterocycles. The average Bonchev–Trinajstić information content (AvgIpc) is 2.28. The molecule has 0 saturated heterocycles. The molecule has 0 aliphatic carbocycles. The van der Waals surface area contributed by atoms with E-state index in [1.165, 1.54) is 12.0 Å². The minimum absolute atomic E-state index is 0.479. The highest BCUT2D eigenvalue weighted by Crippen LogP contribution is 2.21. The summed E-state index contributed by atoms with van der Waals surface area (Å²) in [7, 11) is 0. The van der Waals surface area contributed by atoms with Crippen LogP contribution in [0.15, 0.2) is 0 Å². The summed E-state index contributed by atoms with van der Waals surface area (Å²) in [4.78, 5) is 9.27. The Balaban J connectivity index is 2.81. The predicted molar refractivity (Wildman–Crippen MR) is 77.1 cm³/mol. The molecule has 1 aromatic heterocycles. The van der Waals surface area contributed by atoms with Crippen LogP contribution in [-0.2, 0) is 6.42 Å². The second-order valence-electron chi connectivity index (χ2n) is 5.08. The maximum atomic E-state index is 4.63. The topological polar surface area (TPSA) is 37.8 Å². The van der Waals surface area contributed by atoms with Crippen LogP contribution >= 0.6 is 0 Å². The molecule has 0 saturated carbocycles. The summed E-state index contributed by atoms with van der Waals surface area (Å²) in [5.41, 5.74) is 3.62. The fourth-order valence-corrected chi connectivity index (χ4v) is 2.44. The first-order valence-corrected chi connectivity index (χ1v) is 7.14. The number of aromatic nitrogens is 2. The number of aryl methyl sites for hydroxylation is 3. The fourth-order valence-electron chi connectivity index (χ4n) is 2.44. The van der Waals surface area contributed by atoms with Crippen molar-refractivity contribution in [3.8, 4) is 0 Å². The molecule has 0 spiro atoms. The quantitative estimate of drug-likeness (QED) is 0.754. The van der Waals surface area contributed by atoms with Gasteiger partial charge in [-0.1, -0.05) is 20.8 Å². The van der Waals surface area contributed by atoms with Crippen molar-refractivity contribution in [2.45, 2.75) is 59.8 Å². The predicted octanol–water partition coefficient (Wildman–Crippen LogP) is 3.15. The summed E-state index contributed by atoms with van der Waals surface area (Å²) in [5, 5.41) is 3.47. The Morgan fingerprint density at radius 2 is 1.67 bits per heavy atom. The molecular weight excluding hydrogens is 222 g/mol. The normalized spacial score (nSPS) is 12.7. The molecule has 1 N–H and O–H groups in total. The van der Waals surface area contributed by atoms with Crippen LogP contribution in [0.3, 0.4) is 0 Å². The highest BCUT2D eigenvalue weighted by atomic mass is 14.9. The van der Waals surface area contributed by atoms with Gasteiger partial charge < -0.3 is 5.32 Å². The van der Waals surface area contributed by atoms with Gasteiger partial charge in [0.25, 0.3) is 0 Å². The highest BCUT2D eigenvalue weighted by Gasteiger charge is 2.14. The Morgan fingerprint density at radius 1 is 1.06 bits per heavy atom. The van der Waals surface area contributed by atoms with Gasteiger partial charge in [0.1, 0.15) is 5.82 Å². The van der Waals surface area contributed by atoms with Crippen molar-refractivity contribution in [2.24, 2.45) is 0 Å². The zero-order valence-electron chi connectivity index (χ0n) is 12.5. The third-order valence-electron chi connectivity index (χ3n) is 3.22. The van der Waals surface area contributed by atoms with Crippen LogP contribution in [0.5, 0.6) is 0 Å². The summed E-state index contributed by atoms with van der Waals surface area (Å²) in [5.74, 6) is 1.47. The van der Waals surface area contributed by atoms with Crippen molar-refractivity contribution >= 4 is 0 Å². The standard InChI is InChI=1S/C15H27N3/c1-6-8-14-17-12(4)15(13(5)18-14)11(3)10-16-9-7-2/h11,16H,6-10H2,1-5H3. The number of hydrogen-bond acceptors (Lipinski definition) is 3. The highest BCUT2D eigenvalue weighted by molar-refractivity contribution is 5.28. The Kier molecular flexibility index (Phi) is 6.27. The van der Waals surface area contributed by atoms with Gasteiger partial charge >= 0.3 is 0 Å². The van der Waals surface area contributed by atoms with Crippen molar-refractivity contribution in [1.29, 1.82) is 0 Å². The van der Waals surface area contributed by atoms with Crippen molar-refractivity contribution < 1.29 is 0 Å². The number of hydrogen-bond donors (Lipinski definition) is 1. The fraction of sp³-hybridized carbons (Fsp3) is 0.733. The third-order valence-corrected chi connectivity index (χ3v) is 3.22. The van der Waals surface area contributed by atoms with E-state index in [1.54, 1.807) is 0 Å². The van der Waals surface area contributed by atoms with Crippen LogP contribution in [0.4, 0.5) is 0 Å². The molecule has 102 valence electrons. The molecule has 1 rings (SSSR count). The molecule has 3 nitrogen and oxygen atoms in total. The van der Waals surface area contributed by atoms with E-state index in [0.717, 1.165) is 43.1 Å². The molecule has 0 radical (unpaired) electrons. The van der Waals surface area contributed by atoms with Crippen molar-refractivity contribution in [3.05, 3.63) is 22.8 Å². The Bertz CT molecular complexity index is 351. The van der Waals surface area contributed by atoms with Gasteiger partial charge in [0.2, 0.25) is 0 Å². The number of nitrogens with one attached hydrogen (secondary N) is 1. The maximum absolute atomic E-state index is 4.63. The summed E-state index contributed by atoms with van der Waals surface area (Å²) in [6.45, 7) is 12.9. The number of nitrogens with zero attached hydrogens (tertiary/aromatic N) is 2. The van der Waals surface area contributed by atoms with E-state index in [0.29, 0.717) is 5.92 Å². The van der Waals surface area contributed by atoms with E-state index < -0.39 is 0 Å². The molecule has 3 heteroatoms. The smallest absolute Gasteiger partial charge is 0.128 e.